The Balaban J connectivity index is 0.000000228. The van der Waals surface area contributed by atoms with Gasteiger partial charge in [-0.1, -0.05) is 38.0 Å². The summed E-state index contributed by atoms with van der Waals surface area (Å²) in [5, 5.41) is 46.0. The normalized spacial score (nSPS) is 13.8. The van der Waals surface area contributed by atoms with E-state index in [1.165, 1.54) is 23.1 Å². The summed E-state index contributed by atoms with van der Waals surface area (Å²) in [7, 11) is 0. The van der Waals surface area contributed by atoms with Crippen molar-refractivity contribution in [1.82, 2.24) is 30.2 Å². The van der Waals surface area contributed by atoms with Crippen molar-refractivity contribution in [2.24, 2.45) is 20.7 Å². The molecule has 0 radical (unpaired) electrons. The van der Waals surface area contributed by atoms with Crippen LogP contribution in [0.5, 0.6) is 0 Å². The van der Waals surface area contributed by atoms with Crippen molar-refractivity contribution < 1.29 is 33.0 Å². The molecule has 3 aromatic heterocycles. The Labute approximate surface area is 247 Å². The summed E-state index contributed by atoms with van der Waals surface area (Å²) in [6.07, 6.45) is -0.834. The number of hydrogen-bond donors (Lipinski definition) is 2. The predicted octanol–water partition coefficient (Wildman–Crippen LogP) is 6.34. The zero-order valence-electron chi connectivity index (χ0n) is 21.5. The molecule has 0 amide bonds. The van der Waals surface area contributed by atoms with Crippen molar-refractivity contribution in [3.63, 3.8) is 0 Å². The molecule has 0 spiro atoms. The topological polar surface area (TPSA) is 193 Å². The molecule has 1 aliphatic heterocycles. The van der Waals surface area contributed by atoms with Gasteiger partial charge in [-0.25, -0.2) is 19.4 Å². The third kappa shape index (κ3) is 9.50. The maximum absolute atomic E-state index is 12.8. The van der Waals surface area contributed by atoms with Gasteiger partial charge in [0, 0.05) is 18.3 Å². The summed E-state index contributed by atoms with van der Waals surface area (Å²) < 4.78 is 40.9. The predicted molar refractivity (Wildman–Crippen MR) is 142 cm³/mol. The molecule has 3 aromatic rings. The molecule has 0 aliphatic carbocycles. The lowest BCUT2D eigenvalue weighted by atomic mass is 10.2. The number of aryl methyl sites for hydroxylation is 1. The average Bonchev–Trinajstić information content (AvgIpc) is 3.70. The SMILES string of the molecule is CCCCC1(Sc2nc(C(F)(F)F)c(C(=O)O)s2)N=NN=N1.CCCCn1nnnc1Sc1nc(CC(=O)O)cs1. The van der Waals surface area contributed by atoms with Crippen molar-refractivity contribution in [1.29, 1.82) is 0 Å². The van der Waals surface area contributed by atoms with E-state index in [0.29, 0.717) is 35.0 Å². The second-order valence-corrected chi connectivity index (χ2v) is 12.7. The van der Waals surface area contributed by atoms with Gasteiger partial charge in [0.15, 0.2) is 14.4 Å². The Kier molecular flexibility index (Phi) is 11.7. The van der Waals surface area contributed by atoms with Crippen LogP contribution in [0, 0.1) is 0 Å². The van der Waals surface area contributed by atoms with Gasteiger partial charge in [0.1, 0.15) is 4.88 Å². The molecule has 4 heterocycles. The molecule has 14 nitrogen and oxygen atoms in total. The van der Waals surface area contributed by atoms with Crippen LogP contribution in [0.25, 0.3) is 0 Å². The molecule has 4 rings (SSSR count). The molecule has 1 aliphatic rings. The number of nitrogens with zero attached hydrogens (tertiary/aromatic N) is 10. The van der Waals surface area contributed by atoms with Crippen molar-refractivity contribution in [3.8, 4) is 0 Å². The number of rotatable bonds is 13. The zero-order chi connectivity index (χ0) is 30.0. The van der Waals surface area contributed by atoms with Crippen molar-refractivity contribution in [2.45, 2.75) is 83.9 Å². The van der Waals surface area contributed by atoms with Crippen LogP contribution in [-0.2, 0) is 23.9 Å². The quantitative estimate of drug-likeness (QED) is 0.209. The van der Waals surface area contributed by atoms with E-state index >= 15 is 0 Å². The Hall–Kier alpha value is -3.04. The fourth-order valence-corrected chi connectivity index (χ4v) is 7.01. The standard InChI is InChI=1S/C10H10F3N5O2S2.C10H13N5O2S2/c1-2-3-4-9(15-17-18-16-9)22-8-14-6(10(11,12)13)5(21-8)7(19)20;1-2-3-4-15-9(12-13-14-15)19-10-11-7(6-18-10)5-8(16)17/h2-4H2,1H3,(H,19,20);6H,2-5H2,1H3,(H,16,17). The molecular weight excluding hydrogens is 630 g/mol. The Morgan fingerprint density at radius 2 is 1.78 bits per heavy atom. The molecule has 0 saturated heterocycles. The van der Waals surface area contributed by atoms with Gasteiger partial charge in [0.05, 0.1) is 12.1 Å². The number of carboxylic acids is 2. The van der Waals surface area contributed by atoms with Crippen LogP contribution in [0.1, 0.15) is 67.0 Å². The minimum atomic E-state index is -4.83. The van der Waals surface area contributed by atoms with E-state index in [0.717, 1.165) is 41.9 Å². The second-order valence-electron chi connectivity index (χ2n) is 8.10. The monoisotopic (exact) mass is 652 g/mol. The van der Waals surface area contributed by atoms with Gasteiger partial charge in [-0.15, -0.1) is 26.7 Å². The number of alkyl halides is 3. The van der Waals surface area contributed by atoms with Crippen LogP contribution in [0.3, 0.4) is 0 Å². The first-order valence-electron chi connectivity index (χ1n) is 11.9. The van der Waals surface area contributed by atoms with Gasteiger partial charge in [-0.05, 0) is 57.2 Å². The highest BCUT2D eigenvalue weighted by atomic mass is 32.2. The average molecular weight is 653 g/mol. The van der Waals surface area contributed by atoms with E-state index in [1.54, 1.807) is 10.1 Å². The minimum absolute atomic E-state index is 0.0577. The van der Waals surface area contributed by atoms with Gasteiger partial charge in [0.2, 0.25) is 10.2 Å². The van der Waals surface area contributed by atoms with E-state index < -0.39 is 33.7 Å². The lowest BCUT2D eigenvalue weighted by Gasteiger charge is -2.16. The lowest BCUT2D eigenvalue weighted by Crippen LogP contribution is -2.16. The first kappa shape index (κ1) is 32.5. The first-order valence-corrected chi connectivity index (χ1v) is 15.2. The van der Waals surface area contributed by atoms with Crippen LogP contribution < -0.4 is 0 Å². The summed E-state index contributed by atoms with van der Waals surface area (Å²) >= 11 is 4.04. The van der Waals surface area contributed by atoms with Gasteiger partial charge in [0.25, 0.3) is 0 Å². The maximum Gasteiger partial charge on any atom is 0.435 e. The lowest BCUT2D eigenvalue weighted by molar-refractivity contribution is -0.141. The Bertz CT molecular complexity index is 1380. The molecule has 41 heavy (non-hydrogen) atoms. The number of carbonyl (C=O) groups is 2. The van der Waals surface area contributed by atoms with E-state index in [1.807, 2.05) is 6.92 Å². The number of aliphatic carboxylic acids is 1. The van der Waals surface area contributed by atoms with E-state index in [-0.39, 0.29) is 10.8 Å². The highest BCUT2D eigenvalue weighted by Gasteiger charge is 2.42. The Morgan fingerprint density at radius 3 is 2.37 bits per heavy atom. The number of tetrazole rings is 1. The van der Waals surface area contributed by atoms with Gasteiger partial charge in [-0.3, -0.25) is 4.79 Å². The van der Waals surface area contributed by atoms with E-state index in [9.17, 15) is 22.8 Å². The van der Waals surface area contributed by atoms with Crippen LogP contribution in [0.2, 0.25) is 0 Å². The first-order chi connectivity index (χ1) is 19.5. The Morgan fingerprint density at radius 1 is 1.07 bits per heavy atom. The number of thiazole rings is 2. The van der Waals surface area contributed by atoms with Crippen molar-refractivity contribution in [3.05, 3.63) is 21.6 Å². The van der Waals surface area contributed by atoms with E-state index in [2.05, 4.69) is 53.1 Å². The van der Waals surface area contributed by atoms with Gasteiger partial charge >= 0.3 is 18.1 Å². The summed E-state index contributed by atoms with van der Waals surface area (Å²) in [4.78, 5) is 27.2. The molecule has 0 fully saturated rings. The number of carboxylic acid groups (broad SMARTS) is 2. The fourth-order valence-electron chi connectivity index (χ4n) is 2.99. The summed E-state index contributed by atoms with van der Waals surface area (Å²) in [5.41, 5.74) is -0.849. The smallest absolute Gasteiger partial charge is 0.435 e. The molecule has 0 bridgehead atoms. The molecule has 2 N–H and O–H groups in total. The highest BCUT2D eigenvalue weighted by Crippen LogP contribution is 2.46. The van der Waals surface area contributed by atoms with Crippen LogP contribution >= 0.6 is 46.2 Å². The zero-order valence-corrected chi connectivity index (χ0v) is 24.7. The van der Waals surface area contributed by atoms with Gasteiger partial charge in [-0.2, -0.15) is 13.2 Å². The summed E-state index contributed by atoms with van der Waals surface area (Å²) in [6, 6.07) is 0. The van der Waals surface area contributed by atoms with Crippen LogP contribution in [-0.4, -0.2) is 57.3 Å². The van der Waals surface area contributed by atoms with Crippen LogP contribution in [0.15, 0.2) is 39.9 Å². The summed E-state index contributed by atoms with van der Waals surface area (Å²) in [6.45, 7) is 4.82. The second kappa shape index (κ2) is 14.7. The molecule has 0 saturated carbocycles. The molecular formula is C20H23F3N10O4S4. The third-order valence-corrected chi connectivity index (χ3v) is 9.14. The maximum atomic E-state index is 12.8. The largest absolute Gasteiger partial charge is 0.481 e. The number of aromatic nitrogens is 6. The number of hydrogen-bond acceptors (Lipinski definition) is 15. The fraction of sp³-hybridized carbons (Fsp3) is 0.550. The van der Waals surface area contributed by atoms with Crippen LogP contribution in [0.4, 0.5) is 13.2 Å². The molecule has 0 atom stereocenters. The molecule has 222 valence electrons. The summed E-state index contributed by atoms with van der Waals surface area (Å²) in [5.74, 6) is -2.55. The number of unbranched alkanes of at least 4 members (excludes halogenated alkanes) is 2. The minimum Gasteiger partial charge on any atom is -0.481 e. The third-order valence-electron chi connectivity index (χ3n) is 4.88. The van der Waals surface area contributed by atoms with Gasteiger partial charge < -0.3 is 10.2 Å². The number of aromatic carboxylic acids is 1. The van der Waals surface area contributed by atoms with Crippen molar-refractivity contribution >= 4 is 58.1 Å². The molecule has 21 heteroatoms. The molecule has 0 aromatic carbocycles. The van der Waals surface area contributed by atoms with E-state index in [4.69, 9.17) is 10.2 Å². The number of halogens is 3. The molecule has 0 unspecified atom stereocenters. The number of thioether (sulfide) groups is 1. The highest BCUT2D eigenvalue weighted by molar-refractivity contribution is 8.02. The van der Waals surface area contributed by atoms with Crippen molar-refractivity contribution in [2.75, 3.05) is 0 Å².